The van der Waals surface area contributed by atoms with E-state index in [-0.39, 0.29) is 0 Å². The zero-order valence-corrected chi connectivity index (χ0v) is 13.3. The molecular formula is C13H28Sn. The molecule has 0 rings (SSSR count). The van der Waals surface area contributed by atoms with E-state index < -0.39 is 18.4 Å². The number of unbranched alkanes of at least 4 members (excludes halogenated alkanes) is 2. The van der Waals surface area contributed by atoms with Crippen molar-refractivity contribution in [2.45, 2.75) is 66.2 Å². The average Bonchev–Trinajstić information content (AvgIpc) is 2.22. The number of hydrogen-bond donors (Lipinski definition) is 0. The Balaban J connectivity index is 4.18. The van der Waals surface area contributed by atoms with Crippen LogP contribution in [0.5, 0.6) is 0 Å². The Morgan fingerprint density at radius 2 is 1.36 bits per heavy atom. The van der Waals surface area contributed by atoms with Crippen LogP contribution in [0.2, 0.25) is 13.3 Å². The third kappa shape index (κ3) is 5.43. The molecule has 14 heavy (non-hydrogen) atoms. The predicted octanol–water partition coefficient (Wildman–Crippen LogP) is 5.17. The topological polar surface area (TPSA) is 0 Å². The number of rotatable bonds is 9. The van der Waals surface area contributed by atoms with Gasteiger partial charge in [0, 0.05) is 0 Å². The van der Waals surface area contributed by atoms with Crippen LogP contribution < -0.4 is 0 Å². The third-order valence-electron chi connectivity index (χ3n) is 3.24. The molecule has 0 aliphatic heterocycles. The molecule has 0 amide bonds. The van der Waals surface area contributed by atoms with E-state index in [1.54, 1.807) is 8.87 Å². The van der Waals surface area contributed by atoms with Gasteiger partial charge >= 0.3 is 95.2 Å². The van der Waals surface area contributed by atoms with Crippen LogP contribution >= 0.6 is 0 Å². The summed E-state index contributed by atoms with van der Waals surface area (Å²) in [5.74, 6) is 0. The summed E-state index contributed by atoms with van der Waals surface area (Å²) in [6.45, 7) is 11.1. The summed E-state index contributed by atoms with van der Waals surface area (Å²) in [5, 5.41) is 0. The molecule has 0 atom stereocenters. The van der Waals surface area contributed by atoms with Gasteiger partial charge in [-0.2, -0.15) is 0 Å². The summed E-state index contributed by atoms with van der Waals surface area (Å²) < 4.78 is 7.10. The second-order valence-electron chi connectivity index (χ2n) is 4.52. The Morgan fingerprint density at radius 3 is 1.64 bits per heavy atom. The van der Waals surface area contributed by atoms with Crippen molar-refractivity contribution in [1.82, 2.24) is 0 Å². The molecule has 0 aliphatic rings. The fourth-order valence-electron chi connectivity index (χ4n) is 2.24. The van der Waals surface area contributed by atoms with Crippen molar-refractivity contribution in [3.8, 4) is 0 Å². The zero-order chi connectivity index (χ0) is 10.9. The van der Waals surface area contributed by atoms with Crippen LogP contribution in [0.15, 0.2) is 10.7 Å². The van der Waals surface area contributed by atoms with E-state index in [0.29, 0.717) is 0 Å². The molecule has 0 spiro atoms. The van der Waals surface area contributed by atoms with Crippen molar-refractivity contribution in [2.75, 3.05) is 0 Å². The molecule has 0 aromatic rings. The number of hydrogen-bond acceptors (Lipinski definition) is 0. The van der Waals surface area contributed by atoms with E-state index in [1.165, 1.54) is 36.5 Å². The molecule has 0 heterocycles. The van der Waals surface area contributed by atoms with E-state index in [1.807, 2.05) is 0 Å². The molecule has 1 heteroatoms. The SMILES string of the molecule is C=[CH][Sn]([CH2]CC)([CH2]CCC)[CH2]CCC. The maximum atomic E-state index is 4.15. The monoisotopic (exact) mass is 304 g/mol. The van der Waals surface area contributed by atoms with Gasteiger partial charge < -0.3 is 0 Å². The molecule has 0 nitrogen and oxygen atoms in total. The molecule has 0 saturated heterocycles. The predicted molar refractivity (Wildman–Crippen MR) is 70.5 cm³/mol. The van der Waals surface area contributed by atoms with Gasteiger partial charge in [0.15, 0.2) is 0 Å². The Bertz CT molecular complexity index is 132. The minimum absolute atomic E-state index is 1.36. The van der Waals surface area contributed by atoms with Crippen LogP contribution in [0.25, 0.3) is 0 Å². The summed E-state index contributed by atoms with van der Waals surface area (Å²) in [6.07, 6.45) is 7.01. The first-order valence-corrected chi connectivity index (χ1v) is 14.1. The molecule has 84 valence electrons. The van der Waals surface area contributed by atoms with Crippen LogP contribution in [-0.2, 0) is 0 Å². The Morgan fingerprint density at radius 1 is 0.857 bits per heavy atom. The van der Waals surface area contributed by atoms with Crippen molar-refractivity contribution >= 4 is 18.4 Å². The first kappa shape index (κ1) is 14.5. The Labute approximate surface area is 95.0 Å². The first-order chi connectivity index (χ1) is 6.74. The zero-order valence-electron chi connectivity index (χ0n) is 10.4. The summed E-state index contributed by atoms with van der Waals surface area (Å²) in [5.41, 5.74) is 0. The van der Waals surface area contributed by atoms with Crippen molar-refractivity contribution in [2.24, 2.45) is 0 Å². The van der Waals surface area contributed by atoms with E-state index in [4.69, 9.17) is 0 Å². The Hall–Kier alpha value is 0.539. The quantitative estimate of drug-likeness (QED) is 0.515. The standard InChI is InChI=1S/2C4H9.C3H7.C2H3.Sn/c2*1-3-4-2;1-3-2;1-2;/h2*1,3-4H2,2H3;1,3H2,2H3;1H,2H2;. The van der Waals surface area contributed by atoms with Gasteiger partial charge in [-0.3, -0.25) is 0 Å². The van der Waals surface area contributed by atoms with Gasteiger partial charge in [0.05, 0.1) is 0 Å². The molecular weight excluding hydrogens is 275 g/mol. The summed E-state index contributed by atoms with van der Waals surface area (Å²) in [6, 6.07) is 0. The molecule has 0 unspecified atom stereocenters. The van der Waals surface area contributed by atoms with E-state index >= 15 is 0 Å². The molecule has 0 bridgehead atoms. The molecule has 0 fully saturated rings. The minimum atomic E-state index is -1.82. The van der Waals surface area contributed by atoms with Crippen molar-refractivity contribution in [3.05, 3.63) is 10.7 Å². The normalized spacial score (nSPS) is 11.6. The van der Waals surface area contributed by atoms with Gasteiger partial charge in [-0.15, -0.1) is 0 Å². The molecule has 0 saturated carbocycles. The van der Waals surface area contributed by atoms with Crippen LogP contribution in [0.1, 0.15) is 52.9 Å². The molecule has 0 aliphatic carbocycles. The van der Waals surface area contributed by atoms with Crippen molar-refractivity contribution < 1.29 is 0 Å². The molecule has 0 aromatic carbocycles. The van der Waals surface area contributed by atoms with Gasteiger partial charge in [-0.05, 0) is 0 Å². The van der Waals surface area contributed by atoms with Crippen LogP contribution in [0.3, 0.4) is 0 Å². The van der Waals surface area contributed by atoms with Gasteiger partial charge in [0.25, 0.3) is 0 Å². The fourth-order valence-corrected chi connectivity index (χ4v) is 15.0. The summed E-state index contributed by atoms with van der Waals surface area (Å²) in [4.78, 5) is 0. The van der Waals surface area contributed by atoms with Crippen molar-refractivity contribution in [1.29, 1.82) is 0 Å². The second-order valence-corrected chi connectivity index (χ2v) is 17.7. The van der Waals surface area contributed by atoms with Crippen molar-refractivity contribution in [3.63, 3.8) is 0 Å². The molecule has 0 N–H and O–H groups in total. The van der Waals surface area contributed by atoms with Gasteiger partial charge in [0.1, 0.15) is 0 Å². The van der Waals surface area contributed by atoms with Crippen LogP contribution in [-0.4, -0.2) is 18.4 Å². The first-order valence-electron chi connectivity index (χ1n) is 6.38. The van der Waals surface area contributed by atoms with Gasteiger partial charge in [-0.1, -0.05) is 0 Å². The van der Waals surface area contributed by atoms with E-state index in [9.17, 15) is 0 Å². The third-order valence-corrected chi connectivity index (χ3v) is 17.7. The molecule has 0 radical (unpaired) electrons. The maximum absolute atomic E-state index is 4.15. The van der Waals surface area contributed by atoms with Crippen LogP contribution in [0.4, 0.5) is 0 Å². The summed E-state index contributed by atoms with van der Waals surface area (Å²) in [7, 11) is 0. The summed E-state index contributed by atoms with van der Waals surface area (Å²) >= 11 is -1.82. The van der Waals surface area contributed by atoms with Gasteiger partial charge in [0.2, 0.25) is 0 Å². The van der Waals surface area contributed by atoms with E-state index in [2.05, 4.69) is 31.4 Å². The van der Waals surface area contributed by atoms with Crippen LogP contribution in [0, 0.1) is 0 Å². The average molecular weight is 303 g/mol. The Kier molecular flexibility index (Phi) is 9.15. The second kappa shape index (κ2) is 8.82. The molecule has 0 aromatic heterocycles. The fraction of sp³-hybridized carbons (Fsp3) is 0.846. The van der Waals surface area contributed by atoms with Gasteiger partial charge in [-0.25, -0.2) is 0 Å². The van der Waals surface area contributed by atoms with E-state index in [0.717, 1.165) is 0 Å².